The van der Waals surface area contributed by atoms with Gasteiger partial charge in [0, 0.05) is 17.9 Å². The molecule has 5 atom stereocenters. The lowest BCUT2D eigenvalue weighted by Crippen LogP contribution is -2.69. The number of carbonyl (C=O) groups is 2. The van der Waals surface area contributed by atoms with E-state index in [0.29, 0.717) is 0 Å². The summed E-state index contributed by atoms with van der Waals surface area (Å²) in [5.74, 6) is -0.513. The van der Waals surface area contributed by atoms with E-state index in [-0.39, 0.29) is 19.6 Å². The molecular weight excluding hydrogens is 374 g/mol. The van der Waals surface area contributed by atoms with E-state index in [1.54, 1.807) is 13.8 Å². The molecular formula is C12H18BrN5O5. The van der Waals surface area contributed by atoms with E-state index < -0.39 is 40.9 Å². The zero-order valence-corrected chi connectivity index (χ0v) is 14.3. The lowest BCUT2D eigenvalue weighted by Gasteiger charge is -2.45. The molecule has 2 N–H and O–H groups in total. The summed E-state index contributed by atoms with van der Waals surface area (Å²) in [4.78, 5) is 28.3. The summed E-state index contributed by atoms with van der Waals surface area (Å²) in [5, 5.41) is 15.2. The molecule has 2 rings (SSSR count). The lowest BCUT2D eigenvalue weighted by molar-refractivity contribution is -0.158. The van der Waals surface area contributed by atoms with E-state index in [2.05, 4.69) is 31.3 Å². The van der Waals surface area contributed by atoms with Crippen molar-refractivity contribution in [2.24, 2.45) is 5.11 Å². The van der Waals surface area contributed by atoms with Gasteiger partial charge in [0.1, 0.15) is 10.6 Å². The van der Waals surface area contributed by atoms with Crippen LogP contribution in [0.2, 0.25) is 0 Å². The van der Waals surface area contributed by atoms with Gasteiger partial charge in [0.2, 0.25) is 5.91 Å². The number of urea groups is 1. The molecule has 0 bridgehead atoms. The summed E-state index contributed by atoms with van der Waals surface area (Å²) in [5.41, 5.74) is 8.59. The van der Waals surface area contributed by atoms with Crippen molar-refractivity contribution in [2.45, 2.75) is 49.2 Å². The molecule has 0 aromatic carbocycles. The third-order valence-corrected chi connectivity index (χ3v) is 4.59. The van der Waals surface area contributed by atoms with Crippen molar-refractivity contribution in [2.75, 3.05) is 13.2 Å². The van der Waals surface area contributed by atoms with Crippen LogP contribution in [0, 0.1) is 0 Å². The van der Waals surface area contributed by atoms with Crippen molar-refractivity contribution >= 4 is 27.9 Å². The Kier molecular flexibility index (Phi) is 5.48. The highest BCUT2D eigenvalue weighted by Gasteiger charge is 2.54. The highest BCUT2D eigenvalue weighted by atomic mass is 79.9. The van der Waals surface area contributed by atoms with Crippen molar-refractivity contribution in [1.29, 1.82) is 0 Å². The Bertz CT molecular complexity index is 538. The Labute approximate surface area is 140 Å². The number of hydrogen-bond acceptors (Lipinski definition) is 6. The minimum Gasteiger partial charge on any atom is -0.394 e. The fourth-order valence-corrected chi connectivity index (χ4v) is 3.13. The van der Waals surface area contributed by atoms with Crippen LogP contribution in [0.25, 0.3) is 10.4 Å². The maximum atomic E-state index is 12.3. The van der Waals surface area contributed by atoms with E-state index in [1.165, 1.54) is 4.90 Å². The van der Waals surface area contributed by atoms with Crippen molar-refractivity contribution in [3.63, 3.8) is 0 Å². The van der Waals surface area contributed by atoms with E-state index in [0.717, 1.165) is 0 Å². The van der Waals surface area contributed by atoms with Crippen molar-refractivity contribution in [3.05, 3.63) is 10.4 Å². The fraction of sp³-hybridized carbons (Fsp3) is 0.833. The van der Waals surface area contributed by atoms with Crippen LogP contribution >= 0.6 is 15.9 Å². The molecule has 0 unspecified atom stereocenters. The predicted octanol–water partition coefficient (Wildman–Crippen LogP) is 0.841. The number of carbonyl (C=O) groups excluding carboxylic acids is 2. The smallest absolute Gasteiger partial charge is 0.328 e. The number of imide groups is 1. The number of nitrogens with zero attached hydrogens (tertiary/aromatic N) is 4. The van der Waals surface area contributed by atoms with Gasteiger partial charge in [-0.3, -0.25) is 15.0 Å². The fourth-order valence-electron chi connectivity index (χ4n) is 2.68. The number of ether oxygens (including phenoxy) is 2. The Morgan fingerprint density at radius 2 is 2.35 bits per heavy atom. The number of azide groups is 1. The van der Waals surface area contributed by atoms with Crippen molar-refractivity contribution in [1.82, 2.24) is 10.2 Å². The summed E-state index contributed by atoms with van der Waals surface area (Å²) in [7, 11) is 0. The largest absolute Gasteiger partial charge is 0.394 e. The average molecular weight is 392 g/mol. The highest BCUT2D eigenvalue weighted by molar-refractivity contribution is 9.10. The van der Waals surface area contributed by atoms with Gasteiger partial charge in [-0.2, -0.15) is 0 Å². The second-order valence-electron chi connectivity index (χ2n) is 5.37. The Morgan fingerprint density at radius 1 is 1.65 bits per heavy atom. The van der Waals surface area contributed by atoms with Gasteiger partial charge in [-0.15, -0.1) is 0 Å². The van der Waals surface area contributed by atoms with Gasteiger partial charge in [-0.1, -0.05) is 21.0 Å². The van der Waals surface area contributed by atoms with Gasteiger partial charge in [0.25, 0.3) is 0 Å². The first-order chi connectivity index (χ1) is 10.9. The summed E-state index contributed by atoms with van der Waals surface area (Å²) in [6.07, 6.45) is -2.21. The molecule has 2 aliphatic heterocycles. The van der Waals surface area contributed by atoms with Crippen LogP contribution in [0.15, 0.2) is 5.11 Å². The number of nitrogens with one attached hydrogen (secondary N) is 1. The number of hydrogen-bond donors (Lipinski definition) is 2. The van der Waals surface area contributed by atoms with Gasteiger partial charge >= 0.3 is 6.03 Å². The van der Waals surface area contributed by atoms with E-state index in [9.17, 15) is 14.7 Å². The predicted molar refractivity (Wildman–Crippen MR) is 81.4 cm³/mol. The Balaban J connectivity index is 2.29. The molecule has 2 saturated heterocycles. The molecule has 10 nitrogen and oxygen atoms in total. The zero-order chi connectivity index (χ0) is 17.2. The number of amides is 3. The standard InChI is InChI=1S/C12H18BrN5O5/c1-3-22-10-12(2,13)9(20)15-11(21)18(10)8-4-6(16-17-14)7(5-19)23-8/h6-8,10,19H,3-5H2,1-2H3,(H,15,20,21)/t6-,7+,8+,10-,12-/m0/s1. The molecule has 0 aliphatic carbocycles. The van der Waals surface area contributed by atoms with Gasteiger partial charge in [-0.05, 0) is 19.4 Å². The molecule has 0 aromatic heterocycles. The number of rotatable bonds is 5. The van der Waals surface area contributed by atoms with Crippen LogP contribution in [-0.4, -0.2) is 64.1 Å². The molecule has 0 spiro atoms. The summed E-state index contributed by atoms with van der Waals surface area (Å²) >= 11 is 3.30. The van der Waals surface area contributed by atoms with Crippen LogP contribution in [0.4, 0.5) is 4.79 Å². The van der Waals surface area contributed by atoms with Crippen LogP contribution in [0.5, 0.6) is 0 Å². The molecule has 0 radical (unpaired) electrons. The number of aliphatic hydroxyl groups excluding tert-OH is 1. The third-order valence-electron chi connectivity index (χ3n) is 3.83. The maximum Gasteiger partial charge on any atom is 0.328 e. The topological polar surface area (TPSA) is 137 Å². The van der Waals surface area contributed by atoms with E-state index >= 15 is 0 Å². The molecule has 0 aromatic rings. The van der Waals surface area contributed by atoms with Gasteiger partial charge < -0.3 is 14.6 Å². The second kappa shape index (κ2) is 7.02. The molecule has 2 aliphatic rings. The first kappa shape index (κ1) is 18.0. The number of halogens is 1. The highest BCUT2D eigenvalue weighted by Crippen LogP contribution is 2.36. The van der Waals surface area contributed by atoms with Crippen LogP contribution < -0.4 is 5.32 Å². The summed E-state index contributed by atoms with van der Waals surface area (Å²) in [6, 6.07) is -1.27. The van der Waals surface area contributed by atoms with Crippen LogP contribution in [0.3, 0.4) is 0 Å². The molecule has 0 saturated carbocycles. The molecule has 2 heterocycles. The molecule has 3 amide bonds. The first-order valence-corrected chi connectivity index (χ1v) is 7.90. The zero-order valence-electron chi connectivity index (χ0n) is 12.7. The lowest BCUT2D eigenvalue weighted by atomic mass is 10.0. The van der Waals surface area contributed by atoms with Crippen molar-refractivity contribution in [3.8, 4) is 0 Å². The van der Waals surface area contributed by atoms with Crippen molar-refractivity contribution < 1.29 is 24.2 Å². The Hall–Kier alpha value is -1.39. The van der Waals surface area contributed by atoms with Gasteiger partial charge in [0.15, 0.2) is 6.23 Å². The summed E-state index contributed by atoms with van der Waals surface area (Å²) < 4.78 is 10.0. The Morgan fingerprint density at radius 3 is 2.91 bits per heavy atom. The quantitative estimate of drug-likeness (QED) is 0.309. The van der Waals surface area contributed by atoms with Crippen LogP contribution in [-0.2, 0) is 14.3 Å². The average Bonchev–Trinajstić information content (AvgIpc) is 2.88. The second-order valence-corrected chi connectivity index (χ2v) is 7.02. The van der Waals surface area contributed by atoms with Gasteiger partial charge in [-0.25, -0.2) is 4.79 Å². The normalized spacial score (nSPS) is 37.5. The minimum absolute atomic E-state index is 0.198. The van der Waals surface area contributed by atoms with Gasteiger partial charge in [0.05, 0.1) is 18.8 Å². The molecule has 23 heavy (non-hydrogen) atoms. The van der Waals surface area contributed by atoms with E-state index in [1.807, 2.05) is 0 Å². The number of aliphatic hydroxyl groups is 1. The monoisotopic (exact) mass is 391 g/mol. The summed E-state index contributed by atoms with van der Waals surface area (Å²) in [6.45, 7) is 3.26. The SMILES string of the molecule is CCO[C@@H]1N([C@H]2C[C@H](N=[N+]=[N-])[C@@H](CO)O2)C(=O)NC(=O)[C@]1(C)Br. The van der Waals surface area contributed by atoms with E-state index in [4.69, 9.17) is 15.0 Å². The first-order valence-electron chi connectivity index (χ1n) is 7.11. The third kappa shape index (κ3) is 3.29. The molecule has 11 heteroatoms. The number of alkyl halides is 1. The molecule has 2 fully saturated rings. The maximum absolute atomic E-state index is 12.3. The molecule has 128 valence electrons. The minimum atomic E-state index is -1.16. The van der Waals surface area contributed by atoms with Crippen LogP contribution in [0.1, 0.15) is 20.3 Å².